The molecule has 0 saturated heterocycles. The predicted molar refractivity (Wildman–Crippen MR) is 73.1 cm³/mol. The summed E-state index contributed by atoms with van der Waals surface area (Å²) in [6.45, 7) is 1.66. The van der Waals surface area contributed by atoms with E-state index in [1.807, 2.05) is 0 Å². The van der Waals surface area contributed by atoms with E-state index in [1.165, 1.54) is 12.1 Å². The highest BCUT2D eigenvalue weighted by molar-refractivity contribution is 6.05. The summed E-state index contributed by atoms with van der Waals surface area (Å²) in [6.07, 6.45) is 4.00. The van der Waals surface area contributed by atoms with Crippen LogP contribution < -0.4 is 10.6 Å². The van der Waals surface area contributed by atoms with Gasteiger partial charge in [-0.3, -0.25) is 4.79 Å². The molecule has 2 N–H and O–H groups in total. The van der Waals surface area contributed by atoms with E-state index in [-0.39, 0.29) is 11.7 Å². The van der Waals surface area contributed by atoms with Crippen molar-refractivity contribution in [3.05, 3.63) is 47.8 Å². The van der Waals surface area contributed by atoms with Crippen LogP contribution in [-0.2, 0) is 13.0 Å². The van der Waals surface area contributed by atoms with Gasteiger partial charge in [0.1, 0.15) is 11.5 Å². The first-order valence-corrected chi connectivity index (χ1v) is 6.51. The van der Waals surface area contributed by atoms with Gasteiger partial charge in [0.25, 0.3) is 5.91 Å². The van der Waals surface area contributed by atoms with E-state index >= 15 is 0 Å². The number of nitrogens with zero attached hydrogens (tertiary/aromatic N) is 3. The molecule has 0 atom stereocenters. The quantitative estimate of drug-likeness (QED) is 0.914. The van der Waals surface area contributed by atoms with Crippen LogP contribution in [0.2, 0.25) is 0 Å². The van der Waals surface area contributed by atoms with Gasteiger partial charge in [-0.05, 0) is 24.1 Å². The molecule has 0 aliphatic carbocycles. The van der Waals surface area contributed by atoms with E-state index in [4.69, 9.17) is 5.73 Å². The first kappa shape index (κ1) is 12.8. The topological polar surface area (TPSA) is 64.2 Å². The van der Waals surface area contributed by atoms with E-state index in [1.54, 1.807) is 28.1 Å². The summed E-state index contributed by atoms with van der Waals surface area (Å²) in [5.41, 5.74) is 7.45. The fourth-order valence-corrected chi connectivity index (χ4v) is 2.44. The third-order valence-corrected chi connectivity index (χ3v) is 3.43. The second-order valence-corrected chi connectivity index (χ2v) is 4.77. The molecule has 20 heavy (non-hydrogen) atoms. The van der Waals surface area contributed by atoms with Gasteiger partial charge in [0.2, 0.25) is 0 Å². The van der Waals surface area contributed by atoms with Gasteiger partial charge in [-0.15, -0.1) is 0 Å². The lowest BCUT2D eigenvalue weighted by molar-refractivity contribution is 0.0985. The van der Waals surface area contributed by atoms with Crippen LogP contribution in [0.25, 0.3) is 0 Å². The Kier molecular flexibility index (Phi) is 3.23. The van der Waals surface area contributed by atoms with Crippen molar-refractivity contribution in [1.82, 2.24) is 9.55 Å². The van der Waals surface area contributed by atoms with Crippen molar-refractivity contribution in [3.8, 4) is 0 Å². The molecule has 1 aliphatic heterocycles. The number of imidazole rings is 1. The van der Waals surface area contributed by atoms with Crippen LogP contribution in [0, 0.1) is 5.82 Å². The molecule has 104 valence electrons. The number of rotatable bonds is 3. The van der Waals surface area contributed by atoms with Crippen molar-refractivity contribution in [3.63, 3.8) is 0 Å². The fourth-order valence-electron chi connectivity index (χ4n) is 2.44. The Morgan fingerprint density at radius 1 is 1.45 bits per heavy atom. The van der Waals surface area contributed by atoms with E-state index in [0.717, 1.165) is 12.0 Å². The van der Waals surface area contributed by atoms with Crippen molar-refractivity contribution >= 4 is 11.6 Å². The monoisotopic (exact) mass is 274 g/mol. The highest BCUT2D eigenvalue weighted by atomic mass is 19.1. The molecule has 6 heteroatoms. The van der Waals surface area contributed by atoms with E-state index in [0.29, 0.717) is 31.0 Å². The normalized spacial score (nSPS) is 13.6. The van der Waals surface area contributed by atoms with Crippen LogP contribution in [0.5, 0.6) is 0 Å². The van der Waals surface area contributed by atoms with Gasteiger partial charge in [-0.1, -0.05) is 6.07 Å². The Hall–Kier alpha value is -2.21. The smallest absolute Gasteiger partial charge is 0.278 e. The van der Waals surface area contributed by atoms with Crippen molar-refractivity contribution < 1.29 is 9.18 Å². The molecule has 0 fully saturated rings. The third-order valence-electron chi connectivity index (χ3n) is 3.43. The second kappa shape index (κ2) is 5.05. The first-order valence-electron chi connectivity index (χ1n) is 6.51. The molecule has 0 saturated carbocycles. The highest BCUT2D eigenvalue weighted by Gasteiger charge is 2.27. The lowest BCUT2D eigenvalue weighted by Gasteiger charge is -2.15. The Labute approximate surface area is 115 Å². The average molecular weight is 274 g/mol. The minimum Gasteiger partial charge on any atom is -0.335 e. The molecule has 1 aromatic carbocycles. The maximum Gasteiger partial charge on any atom is 0.278 e. The van der Waals surface area contributed by atoms with Crippen molar-refractivity contribution in [2.24, 2.45) is 5.73 Å². The zero-order chi connectivity index (χ0) is 14.1. The minimum atomic E-state index is -0.336. The molecule has 2 heterocycles. The molecule has 1 amide bonds. The van der Waals surface area contributed by atoms with Gasteiger partial charge in [-0.25, -0.2) is 9.37 Å². The number of carbonyl (C=O) groups excluding carboxylic acids is 1. The summed E-state index contributed by atoms with van der Waals surface area (Å²) in [5.74, 6) is -0.540. The number of carbonyl (C=O) groups is 1. The molecule has 2 aromatic rings. The Bertz CT molecular complexity index is 652. The number of amides is 1. The molecule has 5 nitrogen and oxygen atoms in total. The summed E-state index contributed by atoms with van der Waals surface area (Å²) in [7, 11) is 0. The van der Waals surface area contributed by atoms with E-state index in [9.17, 15) is 9.18 Å². The number of fused-ring (bicyclic) bond motifs is 1. The third kappa shape index (κ3) is 2.18. The number of hydrogen-bond acceptors (Lipinski definition) is 3. The van der Waals surface area contributed by atoms with Crippen molar-refractivity contribution in [2.75, 3.05) is 18.0 Å². The molecule has 1 aromatic heterocycles. The molecule has 0 unspecified atom stereocenters. The van der Waals surface area contributed by atoms with Crippen LogP contribution >= 0.6 is 0 Å². The number of hydrogen-bond donors (Lipinski definition) is 1. The summed E-state index contributed by atoms with van der Waals surface area (Å²) in [6, 6.07) is 4.55. The summed E-state index contributed by atoms with van der Waals surface area (Å²) in [5, 5.41) is 0. The fraction of sp³-hybridized carbons (Fsp3) is 0.286. The number of benzene rings is 1. The van der Waals surface area contributed by atoms with Gasteiger partial charge in [0, 0.05) is 25.8 Å². The van der Waals surface area contributed by atoms with Crippen LogP contribution in [0.15, 0.2) is 30.7 Å². The summed E-state index contributed by atoms with van der Waals surface area (Å²) >= 11 is 0. The summed E-state index contributed by atoms with van der Waals surface area (Å²) in [4.78, 5) is 18.1. The molecule has 0 bridgehead atoms. The number of nitrogens with two attached hydrogens (primary N) is 1. The van der Waals surface area contributed by atoms with Gasteiger partial charge in [0.05, 0.1) is 12.0 Å². The second-order valence-electron chi connectivity index (χ2n) is 4.77. The number of anilines is 1. The molecular weight excluding hydrogens is 259 g/mol. The van der Waals surface area contributed by atoms with Crippen LogP contribution in [0.1, 0.15) is 16.1 Å². The Balaban J connectivity index is 1.87. The van der Waals surface area contributed by atoms with Crippen molar-refractivity contribution in [2.45, 2.75) is 13.0 Å². The predicted octanol–water partition coefficient (Wildman–Crippen LogP) is 1.18. The van der Waals surface area contributed by atoms with E-state index in [2.05, 4.69) is 4.98 Å². The largest absolute Gasteiger partial charge is 0.335 e. The SMILES string of the molecule is NCCn1cnc(C(=O)N2CCc3ccc(F)cc32)c1. The van der Waals surface area contributed by atoms with Gasteiger partial charge in [0.15, 0.2) is 0 Å². The summed E-state index contributed by atoms with van der Waals surface area (Å²) < 4.78 is 15.1. The zero-order valence-electron chi connectivity index (χ0n) is 10.9. The minimum absolute atomic E-state index is 0.204. The number of halogens is 1. The molecule has 1 aliphatic rings. The highest BCUT2D eigenvalue weighted by Crippen LogP contribution is 2.29. The molecular formula is C14H15FN4O. The number of aromatic nitrogens is 2. The van der Waals surface area contributed by atoms with Crippen molar-refractivity contribution in [1.29, 1.82) is 0 Å². The molecule has 0 radical (unpaired) electrons. The van der Waals surface area contributed by atoms with Crippen LogP contribution in [-0.4, -0.2) is 28.5 Å². The van der Waals surface area contributed by atoms with Gasteiger partial charge < -0.3 is 15.2 Å². The van der Waals surface area contributed by atoms with Crippen LogP contribution in [0.3, 0.4) is 0 Å². The Morgan fingerprint density at radius 3 is 3.10 bits per heavy atom. The Morgan fingerprint density at radius 2 is 2.30 bits per heavy atom. The van der Waals surface area contributed by atoms with E-state index < -0.39 is 0 Å². The standard InChI is InChI=1S/C14H15FN4O/c15-11-2-1-10-3-5-19(13(10)7-11)14(20)12-8-18(6-4-16)9-17-12/h1-2,7-9H,3-6,16H2. The molecule has 3 rings (SSSR count). The molecule has 0 spiro atoms. The lowest BCUT2D eigenvalue weighted by atomic mass is 10.2. The maximum absolute atomic E-state index is 13.3. The average Bonchev–Trinajstić information content (AvgIpc) is 3.05. The maximum atomic E-state index is 13.3. The van der Waals surface area contributed by atoms with Gasteiger partial charge in [-0.2, -0.15) is 0 Å². The zero-order valence-corrected chi connectivity index (χ0v) is 10.9. The van der Waals surface area contributed by atoms with Gasteiger partial charge >= 0.3 is 0 Å². The first-order chi connectivity index (χ1) is 9.69. The lowest BCUT2D eigenvalue weighted by Crippen LogP contribution is -2.29. The van der Waals surface area contributed by atoms with Crippen LogP contribution in [0.4, 0.5) is 10.1 Å².